The van der Waals surface area contributed by atoms with E-state index in [2.05, 4.69) is 24.4 Å². The van der Waals surface area contributed by atoms with Crippen molar-refractivity contribution in [3.8, 4) is 0 Å². The molecule has 1 aromatic carbocycles. The van der Waals surface area contributed by atoms with Crippen molar-refractivity contribution in [2.45, 2.75) is 25.8 Å². The van der Waals surface area contributed by atoms with Gasteiger partial charge in [-0.3, -0.25) is 0 Å². The van der Waals surface area contributed by atoms with Gasteiger partial charge in [0.15, 0.2) is 0 Å². The number of aryl methyl sites for hydroxylation is 1. The molecule has 1 saturated heterocycles. The van der Waals surface area contributed by atoms with Crippen LogP contribution in [0.1, 0.15) is 30.5 Å². The van der Waals surface area contributed by atoms with Crippen LogP contribution in [-0.4, -0.2) is 6.54 Å². The molecule has 0 spiro atoms. The van der Waals surface area contributed by atoms with Crippen LogP contribution in [0.15, 0.2) is 18.2 Å². The van der Waals surface area contributed by atoms with E-state index >= 15 is 0 Å². The molecule has 1 aliphatic rings. The third kappa shape index (κ3) is 1.72. The van der Waals surface area contributed by atoms with Gasteiger partial charge >= 0.3 is 0 Å². The van der Waals surface area contributed by atoms with E-state index in [9.17, 15) is 0 Å². The molecule has 2 heteroatoms. The van der Waals surface area contributed by atoms with Gasteiger partial charge in [0.05, 0.1) is 0 Å². The molecule has 13 heavy (non-hydrogen) atoms. The van der Waals surface area contributed by atoms with E-state index in [4.69, 9.17) is 11.6 Å². The lowest BCUT2D eigenvalue weighted by molar-refractivity contribution is 0.381. The molecule has 1 heterocycles. The first-order chi connectivity index (χ1) is 6.31. The van der Waals surface area contributed by atoms with Gasteiger partial charge in [-0.25, -0.2) is 0 Å². The SMILES string of the molecule is CCc1ccc(Cl)cc1C1CCN1. The highest BCUT2D eigenvalue weighted by Gasteiger charge is 2.20. The first kappa shape index (κ1) is 9.04. The van der Waals surface area contributed by atoms with Crippen molar-refractivity contribution in [1.82, 2.24) is 5.32 Å². The molecule has 2 rings (SSSR count). The molecule has 1 unspecified atom stereocenters. The van der Waals surface area contributed by atoms with Crippen LogP contribution in [0.5, 0.6) is 0 Å². The Bertz CT molecular complexity index is 305. The molecule has 1 N–H and O–H groups in total. The van der Waals surface area contributed by atoms with E-state index in [0.29, 0.717) is 6.04 Å². The molecule has 1 aromatic rings. The maximum absolute atomic E-state index is 5.97. The highest BCUT2D eigenvalue weighted by atomic mass is 35.5. The summed E-state index contributed by atoms with van der Waals surface area (Å²) in [7, 11) is 0. The number of rotatable bonds is 2. The highest BCUT2D eigenvalue weighted by Crippen LogP contribution is 2.28. The topological polar surface area (TPSA) is 12.0 Å². The van der Waals surface area contributed by atoms with Crippen molar-refractivity contribution in [2.75, 3.05) is 6.54 Å². The fourth-order valence-electron chi connectivity index (χ4n) is 1.77. The average molecular weight is 196 g/mol. The lowest BCUT2D eigenvalue weighted by Gasteiger charge is -2.29. The van der Waals surface area contributed by atoms with Crippen LogP contribution in [-0.2, 0) is 6.42 Å². The summed E-state index contributed by atoms with van der Waals surface area (Å²) >= 11 is 5.97. The minimum atomic E-state index is 0.550. The molecule has 1 atom stereocenters. The zero-order valence-electron chi connectivity index (χ0n) is 7.81. The van der Waals surface area contributed by atoms with Gasteiger partial charge in [0.2, 0.25) is 0 Å². The summed E-state index contributed by atoms with van der Waals surface area (Å²) in [4.78, 5) is 0. The summed E-state index contributed by atoms with van der Waals surface area (Å²) in [5.74, 6) is 0. The largest absolute Gasteiger partial charge is 0.310 e. The predicted octanol–water partition coefficient (Wildman–Crippen LogP) is 2.94. The van der Waals surface area contributed by atoms with Gasteiger partial charge in [-0.05, 0) is 42.6 Å². The Morgan fingerprint density at radius 3 is 2.85 bits per heavy atom. The Labute approximate surface area is 84.1 Å². The van der Waals surface area contributed by atoms with Gasteiger partial charge in [-0.2, -0.15) is 0 Å². The summed E-state index contributed by atoms with van der Waals surface area (Å²) in [5, 5.41) is 4.25. The second kappa shape index (κ2) is 3.69. The quantitative estimate of drug-likeness (QED) is 0.765. The molecule has 0 aromatic heterocycles. The van der Waals surface area contributed by atoms with Gasteiger partial charge in [-0.15, -0.1) is 0 Å². The summed E-state index contributed by atoms with van der Waals surface area (Å²) < 4.78 is 0. The molecule has 0 aliphatic carbocycles. The summed E-state index contributed by atoms with van der Waals surface area (Å²) in [6.45, 7) is 3.33. The van der Waals surface area contributed by atoms with Gasteiger partial charge in [-0.1, -0.05) is 24.6 Å². The zero-order valence-corrected chi connectivity index (χ0v) is 8.56. The van der Waals surface area contributed by atoms with E-state index < -0.39 is 0 Å². The van der Waals surface area contributed by atoms with Crippen molar-refractivity contribution in [3.63, 3.8) is 0 Å². The summed E-state index contributed by atoms with van der Waals surface area (Å²) in [6.07, 6.45) is 2.33. The number of nitrogens with one attached hydrogen (secondary N) is 1. The smallest absolute Gasteiger partial charge is 0.0409 e. The highest BCUT2D eigenvalue weighted by molar-refractivity contribution is 6.30. The van der Waals surface area contributed by atoms with Gasteiger partial charge in [0.25, 0.3) is 0 Å². The molecule has 0 radical (unpaired) electrons. The molecule has 1 fully saturated rings. The minimum Gasteiger partial charge on any atom is -0.310 e. The van der Waals surface area contributed by atoms with Crippen LogP contribution in [0.4, 0.5) is 0 Å². The standard InChI is InChI=1S/C11H14ClN/c1-2-8-3-4-9(12)7-10(8)11-5-6-13-11/h3-4,7,11,13H,2,5-6H2,1H3. The molecule has 70 valence electrons. The lowest BCUT2D eigenvalue weighted by Crippen LogP contribution is -2.35. The van der Waals surface area contributed by atoms with Crippen molar-refractivity contribution in [2.24, 2.45) is 0 Å². The Morgan fingerprint density at radius 1 is 1.54 bits per heavy atom. The van der Waals surface area contributed by atoms with E-state index in [1.165, 1.54) is 17.5 Å². The third-order valence-corrected chi connectivity index (χ3v) is 2.92. The molecule has 0 amide bonds. The Balaban J connectivity index is 2.33. The summed E-state index contributed by atoms with van der Waals surface area (Å²) in [6, 6.07) is 6.76. The average Bonchev–Trinajstić information content (AvgIpc) is 2.02. The fourth-order valence-corrected chi connectivity index (χ4v) is 1.95. The second-order valence-corrected chi connectivity index (χ2v) is 3.93. The monoisotopic (exact) mass is 195 g/mol. The Kier molecular flexibility index (Phi) is 2.56. The number of hydrogen-bond donors (Lipinski definition) is 1. The Hall–Kier alpha value is -0.530. The fraction of sp³-hybridized carbons (Fsp3) is 0.455. The molecule has 1 nitrogen and oxygen atoms in total. The van der Waals surface area contributed by atoms with E-state index in [1.54, 1.807) is 0 Å². The zero-order chi connectivity index (χ0) is 9.26. The van der Waals surface area contributed by atoms with Gasteiger partial charge < -0.3 is 5.32 Å². The number of halogens is 1. The maximum Gasteiger partial charge on any atom is 0.0409 e. The van der Waals surface area contributed by atoms with Crippen molar-refractivity contribution in [1.29, 1.82) is 0 Å². The van der Waals surface area contributed by atoms with E-state index in [0.717, 1.165) is 18.0 Å². The van der Waals surface area contributed by atoms with Crippen molar-refractivity contribution >= 4 is 11.6 Å². The normalized spacial score (nSPS) is 21.2. The lowest BCUT2D eigenvalue weighted by atomic mass is 9.92. The van der Waals surface area contributed by atoms with Crippen LogP contribution in [0.25, 0.3) is 0 Å². The number of benzene rings is 1. The van der Waals surface area contributed by atoms with Gasteiger partial charge in [0, 0.05) is 11.1 Å². The maximum atomic E-state index is 5.97. The molecule has 1 aliphatic heterocycles. The first-order valence-corrected chi connectivity index (χ1v) is 5.20. The van der Waals surface area contributed by atoms with Crippen LogP contribution in [0.2, 0.25) is 5.02 Å². The van der Waals surface area contributed by atoms with E-state index in [1.807, 2.05) is 6.07 Å². The van der Waals surface area contributed by atoms with Crippen LogP contribution in [0.3, 0.4) is 0 Å². The van der Waals surface area contributed by atoms with Gasteiger partial charge in [0.1, 0.15) is 0 Å². The first-order valence-electron chi connectivity index (χ1n) is 4.83. The number of hydrogen-bond acceptors (Lipinski definition) is 1. The van der Waals surface area contributed by atoms with Crippen LogP contribution >= 0.6 is 11.6 Å². The minimum absolute atomic E-state index is 0.550. The third-order valence-electron chi connectivity index (χ3n) is 2.69. The Morgan fingerprint density at radius 2 is 2.31 bits per heavy atom. The van der Waals surface area contributed by atoms with E-state index in [-0.39, 0.29) is 0 Å². The molecular weight excluding hydrogens is 182 g/mol. The van der Waals surface area contributed by atoms with Crippen molar-refractivity contribution in [3.05, 3.63) is 34.3 Å². The molecule has 0 bridgehead atoms. The second-order valence-electron chi connectivity index (χ2n) is 3.49. The molecular formula is C11H14ClN. The predicted molar refractivity (Wildman–Crippen MR) is 56.2 cm³/mol. The van der Waals surface area contributed by atoms with Crippen LogP contribution < -0.4 is 5.32 Å². The molecule has 0 saturated carbocycles. The van der Waals surface area contributed by atoms with Crippen LogP contribution in [0, 0.1) is 0 Å². The summed E-state index contributed by atoms with van der Waals surface area (Å²) in [5.41, 5.74) is 2.81. The van der Waals surface area contributed by atoms with Crippen molar-refractivity contribution < 1.29 is 0 Å².